The van der Waals surface area contributed by atoms with Crippen LogP contribution < -0.4 is 4.90 Å². The summed E-state index contributed by atoms with van der Waals surface area (Å²) in [4.78, 5) is 34.2. The van der Waals surface area contributed by atoms with Crippen LogP contribution in [0.4, 0.5) is 10.2 Å². The lowest BCUT2D eigenvalue weighted by atomic mass is 9.97. The number of pyridine rings is 1. The van der Waals surface area contributed by atoms with Crippen LogP contribution >= 0.6 is 11.6 Å². The van der Waals surface area contributed by atoms with E-state index < -0.39 is 5.82 Å². The molecule has 152 valence electrons. The fourth-order valence-electron chi connectivity index (χ4n) is 3.49. The number of carbonyl (C=O) groups is 2. The van der Waals surface area contributed by atoms with Gasteiger partial charge in [0.2, 0.25) is 0 Å². The summed E-state index contributed by atoms with van der Waals surface area (Å²) in [5, 5.41) is 0.579. The number of hydrogen-bond donors (Lipinski definition) is 0. The number of hydrogen-bond acceptors (Lipinski definition) is 4. The van der Waals surface area contributed by atoms with E-state index in [2.05, 4.69) is 9.88 Å². The first-order chi connectivity index (χ1) is 14.5. The molecule has 4 rings (SSSR count). The maximum atomic E-state index is 13.2. The topological polar surface area (TPSA) is 53.5 Å². The molecule has 0 N–H and O–H groups in total. The van der Waals surface area contributed by atoms with Crippen molar-refractivity contribution in [2.24, 2.45) is 0 Å². The van der Waals surface area contributed by atoms with E-state index in [0.717, 1.165) is 5.82 Å². The van der Waals surface area contributed by atoms with Gasteiger partial charge in [-0.15, -0.1) is 0 Å². The van der Waals surface area contributed by atoms with Crippen LogP contribution in [-0.2, 0) is 0 Å². The zero-order valence-electron chi connectivity index (χ0n) is 16.1. The fraction of sp³-hybridized carbons (Fsp3) is 0.174. The second kappa shape index (κ2) is 8.63. The third-order valence-corrected chi connectivity index (χ3v) is 5.33. The molecule has 1 aliphatic rings. The van der Waals surface area contributed by atoms with Crippen molar-refractivity contribution in [3.8, 4) is 0 Å². The van der Waals surface area contributed by atoms with Crippen molar-refractivity contribution in [2.45, 2.75) is 0 Å². The zero-order chi connectivity index (χ0) is 21.1. The molecule has 0 atom stereocenters. The number of aromatic nitrogens is 1. The largest absolute Gasteiger partial charge is 0.353 e. The molecule has 0 radical (unpaired) electrons. The van der Waals surface area contributed by atoms with Crippen LogP contribution in [0.25, 0.3) is 0 Å². The third-order valence-electron chi connectivity index (χ3n) is 5.11. The summed E-state index contributed by atoms with van der Waals surface area (Å²) in [5.74, 6) is -0.0879. The minimum atomic E-state index is -0.413. The predicted octanol–water partition coefficient (Wildman–Crippen LogP) is 4.07. The minimum Gasteiger partial charge on any atom is -0.353 e. The lowest BCUT2D eigenvalue weighted by molar-refractivity contribution is 0.0742. The van der Waals surface area contributed by atoms with Gasteiger partial charge in [-0.2, -0.15) is 0 Å². The lowest BCUT2D eigenvalue weighted by Crippen LogP contribution is -2.49. The first kappa shape index (κ1) is 20.0. The summed E-state index contributed by atoms with van der Waals surface area (Å²) in [5.41, 5.74) is 1.01. The van der Waals surface area contributed by atoms with Crippen LogP contribution in [0.2, 0.25) is 5.02 Å². The lowest BCUT2D eigenvalue weighted by Gasteiger charge is -2.35. The Hall–Kier alpha value is -3.25. The van der Waals surface area contributed by atoms with Gasteiger partial charge in [-0.1, -0.05) is 29.8 Å². The average Bonchev–Trinajstić information content (AvgIpc) is 2.79. The van der Waals surface area contributed by atoms with Gasteiger partial charge in [0.05, 0.1) is 10.6 Å². The molecule has 0 aliphatic carbocycles. The summed E-state index contributed by atoms with van der Waals surface area (Å²) >= 11 is 5.90. The van der Waals surface area contributed by atoms with E-state index >= 15 is 0 Å². The monoisotopic (exact) mass is 423 g/mol. The number of piperazine rings is 1. The van der Waals surface area contributed by atoms with Crippen molar-refractivity contribution in [3.05, 3.63) is 94.4 Å². The van der Waals surface area contributed by atoms with Gasteiger partial charge in [0.15, 0.2) is 5.78 Å². The van der Waals surface area contributed by atoms with E-state index in [9.17, 15) is 14.0 Å². The number of rotatable bonds is 4. The van der Waals surface area contributed by atoms with Crippen LogP contribution in [0.1, 0.15) is 26.3 Å². The number of nitrogens with zero attached hydrogens (tertiary/aromatic N) is 3. The van der Waals surface area contributed by atoms with Gasteiger partial charge in [-0.25, -0.2) is 9.37 Å². The number of halogens is 2. The van der Waals surface area contributed by atoms with Crippen LogP contribution in [0.15, 0.2) is 66.9 Å². The Kier molecular flexibility index (Phi) is 5.77. The molecule has 2 aromatic carbocycles. The summed E-state index contributed by atoms with van der Waals surface area (Å²) < 4.78 is 13.2. The Morgan fingerprint density at radius 2 is 1.53 bits per heavy atom. The van der Waals surface area contributed by atoms with Crippen molar-refractivity contribution < 1.29 is 14.0 Å². The van der Waals surface area contributed by atoms with Gasteiger partial charge in [0, 0.05) is 43.5 Å². The molecule has 0 bridgehead atoms. The molecule has 1 fully saturated rings. The quantitative estimate of drug-likeness (QED) is 0.594. The Labute approximate surface area is 178 Å². The van der Waals surface area contributed by atoms with E-state index in [0.29, 0.717) is 47.9 Å². The Morgan fingerprint density at radius 3 is 2.17 bits per heavy atom. The van der Waals surface area contributed by atoms with E-state index in [-0.39, 0.29) is 11.7 Å². The fourth-order valence-corrected chi connectivity index (χ4v) is 3.60. The average molecular weight is 424 g/mol. The van der Waals surface area contributed by atoms with Crippen molar-refractivity contribution in [2.75, 3.05) is 31.1 Å². The molecule has 0 spiro atoms. The van der Waals surface area contributed by atoms with Crippen molar-refractivity contribution in [1.82, 2.24) is 9.88 Å². The van der Waals surface area contributed by atoms with E-state index in [1.165, 1.54) is 24.3 Å². The van der Waals surface area contributed by atoms with Gasteiger partial charge in [-0.05, 0) is 42.5 Å². The Balaban J connectivity index is 1.50. The maximum absolute atomic E-state index is 13.2. The van der Waals surface area contributed by atoms with Crippen molar-refractivity contribution in [1.29, 1.82) is 0 Å². The van der Waals surface area contributed by atoms with Gasteiger partial charge in [0.1, 0.15) is 11.6 Å². The standard InChI is InChI=1S/C23H19ClFN3O2/c24-17-7-10-21(26-15-17)27-11-13-28(14-12-27)23(30)20-4-2-1-3-19(20)22(29)16-5-8-18(25)9-6-16/h1-10,15H,11-14H2. The minimum absolute atomic E-state index is 0.190. The molecular formula is C23H19ClFN3O2. The first-order valence-electron chi connectivity index (χ1n) is 9.58. The predicted molar refractivity (Wildman–Crippen MR) is 114 cm³/mol. The Morgan fingerprint density at radius 1 is 0.867 bits per heavy atom. The van der Waals surface area contributed by atoms with Crippen molar-refractivity contribution in [3.63, 3.8) is 0 Å². The molecule has 0 saturated carbocycles. The molecule has 1 saturated heterocycles. The molecule has 1 aromatic heterocycles. The molecule has 5 nitrogen and oxygen atoms in total. The third kappa shape index (κ3) is 4.19. The molecular weight excluding hydrogens is 405 g/mol. The molecule has 1 aliphatic heterocycles. The van der Waals surface area contributed by atoms with Crippen LogP contribution in [0.5, 0.6) is 0 Å². The highest BCUT2D eigenvalue weighted by atomic mass is 35.5. The van der Waals surface area contributed by atoms with Crippen LogP contribution in [0.3, 0.4) is 0 Å². The number of benzene rings is 2. The van der Waals surface area contributed by atoms with Gasteiger partial charge >= 0.3 is 0 Å². The highest BCUT2D eigenvalue weighted by Crippen LogP contribution is 2.20. The molecule has 0 unspecified atom stereocenters. The number of carbonyl (C=O) groups excluding carboxylic acids is 2. The smallest absolute Gasteiger partial charge is 0.254 e. The second-order valence-corrected chi connectivity index (χ2v) is 7.43. The first-order valence-corrected chi connectivity index (χ1v) is 9.96. The summed E-state index contributed by atoms with van der Waals surface area (Å²) in [6, 6.07) is 15.7. The molecule has 1 amide bonds. The van der Waals surface area contributed by atoms with Crippen LogP contribution in [-0.4, -0.2) is 47.8 Å². The summed E-state index contributed by atoms with van der Waals surface area (Å²) in [7, 11) is 0. The molecule has 7 heteroatoms. The highest BCUT2D eigenvalue weighted by molar-refractivity contribution is 6.30. The van der Waals surface area contributed by atoms with Crippen molar-refractivity contribution >= 4 is 29.1 Å². The maximum Gasteiger partial charge on any atom is 0.254 e. The molecule has 30 heavy (non-hydrogen) atoms. The number of anilines is 1. The SMILES string of the molecule is O=C(c1ccc(F)cc1)c1ccccc1C(=O)N1CCN(c2ccc(Cl)cn2)CC1. The number of ketones is 1. The normalized spacial score (nSPS) is 13.9. The summed E-state index contributed by atoms with van der Waals surface area (Å²) in [6.07, 6.45) is 1.60. The van der Waals surface area contributed by atoms with E-state index in [1.54, 1.807) is 41.4 Å². The zero-order valence-corrected chi connectivity index (χ0v) is 16.8. The van der Waals surface area contributed by atoms with E-state index in [1.807, 2.05) is 6.07 Å². The number of amides is 1. The molecule has 2 heterocycles. The second-order valence-electron chi connectivity index (χ2n) is 7.00. The van der Waals surface area contributed by atoms with Gasteiger partial charge in [-0.3, -0.25) is 9.59 Å². The van der Waals surface area contributed by atoms with Gasteiger partial charge < -0.3 is 9.80 Å². The van der Waals surface area contributed by atoms with Crippen LogP contribution in [0, 0.1) is 5.82 Å². The highest BCUT2D eigenvalue weighted by Gasteiger charge is 2.26. The van der Waals surface area contributed by atoms with E-state index in [4.69, 9.17) is 11.6 Å². The van der Waals surface area contributed by atoms with Gasteiger partial charge in [0.25, 0.3) is 5.91 Å². The molecule has 3 aromatic rings. The summed E-state index contributed by atoms with van der Waals surface area (Å²) in [6.45, 7) is 2.30. The Bertz CT molecular complexity index is 1060.